The average molecular weight is 445 g/mol. The molecule has 4 heterocycles. The molecule has 31 heavy (non-hydrogen) atoms. The lowest BCUT2D eigenvalue weighted by Crippen LogP contribution is -2.45. The Balaban J connectivity index is 1.63. The molecule has 0 radical (unpaired) electrons. The zero-order chi connectivity index (χ0) is 22.5. The minimum Gasteiger partial charge on any atom is -0.391 e. The summed E-state index contributed by atoms with van der Waals surface area (Å²) >= 11 is 0. The Kier molecular flexibility index (Phi) is 5.36. The number of fused-ring (bicyclic) bond motifs is 3. The molecule has 0 bridgehead atoms. The van der Waals surface area contributed by atoms with Crippen LogP contribution in [0.25, 0.3) is 0 Å². The summed E-state index contributed by atoms with van der Waals surface area (Å²) in [6, 6.07) is -0.245. The molecule has 168 valence electrons. The molecule has 7 nitrogen and oxygen atoms in total. The van der Waals surface area contributed by atoms with Gasteiger partial charge in [-0.05, 0) is 19.4 Å². The van der Waals surface area contributed by atoms with Gasteiger partial charge >= 0.3 is 6.03 Å². The van der Waals surface area contributed by atoms with E-state index < -0.39 is 54.1 Å². The zero-order valence-electron chi connectivity index (χ0n) is 16.5. The maximum absolute atomic E-state index is 14.8. The fourth-order valence-electron chi connectivity index (χ4n) is 4.06. The highest BCUT2D eigenvalue weighted by Gasteiger charge is 2.44. The standard InChI is InChI=1S/C19H20F5N5O2/c1-9-6-13-11(16-19(23,24)4-2-10(30)7-29(16)27-13)8-28(9)18(31)26-12-3-5-25-15(14(12)20)17(21)22/h3,5,9-10,17,30H,2,4,6-8H2,1H3,(H,25,26,31)/t9-,10+/m1/s1. The normalized spacial score (nSPS) is 22.6. The molecule has 12 heteroatoms. The number of amides is 2. The summed E-state index contributed by atoms with van der Waals surface area (Å²) in [6.07, 6.45) is -3.62. The Morgan fingerprint density at radius 2 is 2.13 bits per heavy atom. The van der Waals surface area contributed by atoms with Crippen molar-refractivity contribution in [3.05, 3.63) is 40.7 Å². The van der Waals surface area contributed by atoms with Crippen molar-refractivity contribution < 1.29 is 31.9 Å². The number of rotatable bonds is 2. The van der Waals surface area contributed by atoms with Crippen LogP contribution in [-0.2, 0) is 25.4 Å². The SMILES string of the molecule is C[C@@H]1Cc2nn3c(c2CN1C(=O)Nc1ccnc(C(F)F)c1F)C(F)(F)CC[C@H](O)C3. The number of aromatic nitrogens is 3. The van der Waals surface area contributed by atoms with E-state index in [1.54, 1.807) is 6.92 Å². The maximum Gasteiger partial charge on any atom is 0.322 e. The summed E-state index contributed by atoms with van der Waals surface area (Å²) in [5, 5.41) is 16.4. The van der Waals surface area contributed by atoms with E-state index in [4.69, 9.17) is 0 Å². The fraction of sp³-hybridized carbons (Fsp3) is 0.526. The van der Waals surface area contributed by atoms with Crippen LogP contribution >= 0.6 is 0 Å². The number of hydrogen-bond donors (Lipinski definition) is 2. The summed E-state index contributed by atoms with van der Waals surface area (Å²) in [5.41, 5.74) is -1.30. The Morgan fingerprint density at radius 1 is 1.39 bits per heavy atom. The van der Waals surface area contributed by atoms with Crippen molar-refractivity contribution in [2.75, 3.05) is 5.32 Å². The van der Waals surface area contributed by atoms with E-state index in [1.165, 1.54) is 4.90 Å². The molecule has 0 saturated heterocycles. The van der Waals surface area contributed by atoms with Gasteiger partial charge in [-0.2, -0.15) is 13.9 Å². The van der Waals surface area contributed by atoms with Crippen LogP contribution in [0.2, 0.25) is 0 Å². The zero-order valence-corrected chi connectivity index (χ0v) is 16.5. The number of nitrogens with one attached hydrogen (secondary N) is 1. The number of anilines is 1. The van der Waals surface area contributed by atoms with E-state index in [0.717, 1.165) is 16.9 Å². The van der Waals surface area contributed by atoms with Crippen LogP contribution in [0.1, 0.15) is 48.8 Å². The number of pyridine rings is 1. The predicted octanol–water partition coefficient (Wildman–Crippen LogP) is 3.58. The molecule has 2 aliphatic rings. The first-order valence-corrected chi connectivity index (χ1v) is 9.73. The van der Waals surface area contributed by atoms with Gasteiger partial charge in [0, 0.05) is 30.6 Å². The first-order chi connectivity index (χ1) is 14.6. The first kappa shape index (κ1) is 21.5. The van der Waals surface area contributed by atoms with Crippen LogP contribution in [0.5, 0.6) is 0 Å². The lowest BCUT2D eigenvalue weighted by atomic mass is 9.96. The van der Waals surface area contributed by atoms with Gasteiger partial charge in [0.15, 0.2) is 5.82 Å². The van der Waals surface area contributed by atoms with Crippen LogP contribution in [-0.4, -0.2) is 42.9 Å². The van der Waals surface area contributed by atoms with Gasteiger partial charge in [-0.25, -0.2) is 18.0 Å². The summed E-state index contributed by atoms with van der Waals surface area (Å²) in [6.45, 7) is 1.39. The van der Waals surface area contributed by atoms with Crippen molar-refractivity contribution in [2.45, 2.75) is 63.8 Å². The minimum absolute atomic E-state index is 0.0723. The molecule has 2 aromatic rings. The molecule has 2 amide bonds. The summed E-state index contributed by atoms with van der Waals surface area (Å²) < 4.78 is 70.6. The van der Waals surface area contributed by atoms with E-state index in [2.05, 4.69) is 15.4 Å². The lowest BCUT2D eigenvalue weighted by molar-refractivity contribution is -0.0250. The second kappa shape index (κ2) is 7.74. The van der Waals surface area contributed by atoms with Gasteiger partial charge in [-0.1, -0.05) is 0 Å². The summed E-state index contributed by atoms with van der Waals surface area (Å²) in [7, 11) is 0. The van der Waals surface area contributed by atoms with E-state index in [9.17, 15) is 31.9 Å². The van der Waals surface area contributed by atoms with Crippen molar-refractivity contribution in [3.63, 3.8) is 0 Å². The van der Waals surface area contributed by atoms with Gasteiger partial charge in [0.1, 0.15) is 11.4 Å². The van der Waals surface area contributed by atoms with Gasteiger partial charge in [0.2, 0.25) is 0 Å². The molecule has 2 aromatic heterocycles. The molecule has 2 N–H and O–H groups in total. The molecule has 0 saturated carbocycles. The van der Waals surface area contributed by atoms with Crippen molar-refractivity contribution >= 4 is 11.7 Å². The van der Waals surface area contributed by atoms with Gasteiger partial charge in [-0.15, -0.1) is 0 Å². The Bertz CT molecular complexity index is 1010. The van der Waals surface area contributed by atoms with Crippen LogP contribution in [0.4, 0.5) is 32.4 Å². The third kappa shape index (κ3) is 3.84. The number of alkyl halides is 4. The molecule has 0 aliphatic carbocycles. The molecule has 2 atom stereocenters. The Morgan fingerprint density at radius 3 is 2.84 bits per heavy atom. The fourth-order valence-corrected chi connectivity index (χ4v) is 4.06. The molecule has 0 fully saturated rings. The quantitative estimate of drug-likeness (QED) is 0.693. The van der Waals surface area contributed by atoms with E-state index >= 15 is 0 Å². The number of halogens is 5. The highest BCUT2D eigenvalue weighted by Crippen LogP contribution is 2.41. The number of aliphatic hydroxyl groups excluding tert-OH is 1. The molecular weight excluding hydrogens is 425 g/mol. The molecule has 0 unspecified atom stereocenters. The third-order valence-corrected chi connectivity index (χ3v) is 5.63. The second-order valence-electron chi connectivity index (χ2n) is 7.82. The number of nitrogens with zero attached hydrogens (tertiary/aromatic N) is 4. The number of urea groups is 1. The molecular formula is C19H20F5N5O2. The van der Waals surface area contributed by atoms with Gasteiger partial charge in [0.05, 0.1) is 30.6 Å². The maximum atomic E-state index is 14.8. The number of hydrogen-bond acceptors (Lipinski definition) is 4. The lowest BCUT2D eigenvalue weighted by Gasteiger charge is -2.33. The molecule has 0 spiro atoms. The highest BCUT2D eigenvalue weighted by molar-refractivity contribution is 5.90. The molecule has 2 aliphatic heterocycles. The monoisotopic (exact) mass is 445 g/mol. The largest absolute Gasteiger partial charge is 0.391 e. The van der Waals surface area contributed by atoms with E-state index in [-0.39, 0.29) is 37.2 Å². The summed E-state index contributed by atoms with van der Waals surface area (Å²) in [4.78, 5) is 17.3. The van der Waals surface area contributed by atoms with E-state index in [1.807, 2.05) is 0 Å². The smallest absolute Gasteiger partial charge is 0.322 e. The van der Waals surface area contributed by atoms with Gasteiger partial charge in [0.25, 0.3) is 12.3 Å². The van der Waals surface area contributed by atoms with Gasteiger partial charge < -0.3 is 15.3 Å². The third-order valence-electron chi connectivity index (χ3n) is 5.63. The molecule has 0 aromatic carbocycles. The number of carbonyl (C=O) groups excluding carboxylic acids is 1. The topological polar surface area (TPSA) is 83.3 Å². The van der Waals surface area contributed by atoms with Crippen molar-refractivity contribution in [3.8, 4) is 0 Å². The van der Waals surface area contributed by atoms with Crippen LogP contribution in [0.3, 0.4) is 0 Å². The Hall–Kier alpha value is -2.76. The van der Waals surface area contributed by atoms with Crippen molar-refractivity contribution in [1.82, 2.24) is 19.7 Å². The van der Waals surface area contributed by atoms with Crippen LogP contribution in [0, 0.1) is 5.82 Å². The second-order valence-corrected chi connectivity index (χ2v) is 7.82. The summed E-state index contributed by atoms with van der Waals surface area (Å²) in [5.74, 6) is -4.58. The minimum atomic E-state index is -3.23. The van der Waals surface area contributed by atoms with Crippen molar-refractivity contribution in [2.24, 2.45) is 0 Å². The van der Waals surface area contributed by atoms with Gasteiger partial charge in [-0.3, -0.25) is 9.67 Å². The highest BCUT2D eigenvalue weighted by atomic mass is 19.3. The molecule has 4 rings (SSSR count). The van der Waals surface area contributed by atoms with Crippen molar-refractivity contribution in [1.29, 1.82) is 0 Å². The number of carbonyl (C=O) groups is 1. The first-order valence-electron chi connectivity index (χ1n) is 9.73. The predicted molar refractivity (Wildman–Crippen MR) is 98.2 cm³/mol. The number of aliphatic hydroxyl groups is 1. The van der Waals surface area contributed by atoms with Crippen LogP contribution < -0.4 is 5.32 Å². The Labute approximate surface area is 173 Å². The van der Waals surface area contributed by atoms with E-state index in [0.29, 0.717) is 5.69 Å². The van der Waals surface area contributed by atoms with Crippen LogP contribution in [0.15, 0.2) is 12.3 Å². The average Bonchev–Trinajstić information content (AvgIpc) is 2.99.